The van der Waals surface area contributed by atoms with E-state index in [1.54, 1.807) is 13.8 Å². The Morgan fingerprint density at radius 2 is 1.76 bits per heavy atom. The Labute approximate surface area is 102 Å². The minimum absolute atomic E-state index is 0.147. The van der Waals surface area contributed by atoms with E-state index in [0.29, 0.717) is 13.2 Å². The first-order valence-corrected chi connectivity index (χ1v) is 7.49. The van der Waals surface area contributed by atoms with Crippen LogP contribution in [-0.4, -0.2) is 46.8 Å². The van der Waals surface area contributed by atoms with Crippen LogP contribution >= 0.6 is 0 Å². The van der Waals surface area contributed by atoms with E-state index in [1.165, 1.54) is 0 Å². The van der Waals surface area contributed by atoms with Crippen LogP contribution in [-0.2, 0) is 27.9 Å². The van der Waals surface area contributed by atoms with Crippen molar-refractivity contribution in [1.29, 1.82) is 0 Å². The van der Waals surface area contributed by atoms with E-state index in [2.05, 4.69) is 0 Å². The van der Waals surface area contributed by atoms with Crippen LogP contribution in [0.2, 0.25) is 0 Å². The Morgan fingerprint density at radius 1 is 1.24 bits per heavy atom. The first-order chi connectivity index (χ1) is 8.15. The van der Waals surface area contributed by atoms with Crippen LogP contribution in [0.1, 0.15) is 26.7 Å². The number of epoxide rings is 1. The summed E-state index contributed by atoms with van der Waals surface area (Å²) in [6.45, 7) is 4.54. The Hall–Kier alpha value is -0.923. The highest BCUT2D eigenvalue weighted by Crippen LogP contribution is 2.09. The van der Waals surface area contributed by atoms with E-state index < -0.39 is 9.28 Å². The molecule has 0 amide bonds. The summed E-state index contributed by atoms with van der Waals surface area (Å²) in [5.41, 5.74) is 0. The zero-order chi connectivity index (χ0) is 12.7. The van der Waals surface area contributed by atoms with Crippen LogP contribution in [0.25, 0.3) is 0 Å². The smallest absolute Gasteiger partial charge is 0.474 e. The predicted molar refractivity (Wildman–Crippen MR) is 60.5 cm³/mol. The van der Waals surface area contributed by atoms with Crippen molar-refractivity contribution in [2.75, 3.05) is 19.4 Å². The molecule has 7 heteroatoms. The largest absolute Gasteiger partial charge is 0.486 e. The number of carbonyl (C=O) groups is 2. The summed E-state index contributed by atoms with van der Waals surface area (Å²) in [7, 11) is -2.39. The highest BCUT2D eigenvalue weighted by molar-refractivity contribution is 6.48. The van der Waals surface area contributed by atoms with Crippen LogP contribution in [0, 0.1) is 0 Å². The van der Waals surface area contributed by atoms with Gasteiger partial charge in [-0.05, 0) is 0 Å². The highest BCUT2D eigenvalue weighted by Gasteiger charge is 2.26. The molecule has 1 rings (SSSR count). The van der Waals surface area contributed by atoms with Gasteiger partial charge in [0.2, 0.25) is 0 Å². The molecule has 1 heterocycles. The number of ether oxygens (including phenoxy) is 2. The molecule has 1 unspecified atom stereocenters. The number of hydrogen-bond acceptors (Lipinski definition) is 6. The van der Waals surface area contributed by atoms with Gasteiger partial charge >= 0.3 is 9.28 Å². The molecule has 1 fully saturated rings. The molecule has 0 radical (unpaired) electrons. The fraction of sp³-hybridized carbons (Fsp3) is 0.800. The second-order valence-corrected chi connectivity index (χ2v) is 5.27. The highest BCUT2D eigenvalue weighted by atomic mass is 28.3. The summed E-state index contributed by atoms with van der Waals surface area (Å²) in [4.78, 5) is 22.3. The quantitative estimate of drug-likeness (QED) is 0.455. The van der Waals surface area contributed by atoms with Gasteiger partial charge in [0.15, 0.2) is 0 Å². The molecule has 0 spiro atoms. The topological polar surface area (TPSA) is 74.4 Å². The number of rotatable bonds is 8. The Morgan fingerprint density at radius 3 is 2.18 bits per heavy atom. The zero-order valence-electron chi connectivity index (χ0n) is 10.1. The zero-order valence-corrected chi connectivity index (χ0v) is 11.3. The lowest BCUT2D eigenvalue weighted by atomic mass is 10.5. The summed E-state index contributed by atoms with van der Waals surface area (Å²) < 4.78 is 20.4. The molecule has 0 N–H and O–H groups in total. The monoisotopic (exact) mass is 262 g/mol. The Balaban J connectivity index is 2.27. The van der Waals surface area contributed by atoms with E-state index >= 15 is 0 Å². The van der Waals surface area contributed by atoms with Gasteiger partial charge in [0.05, 0.1) is 13.2 Å². The fourth-order valence-corrected chi connectivity index (χ4v) is 2.44. The molecule has 0 aliphatic carbocycles. The van der Waals surface area contributed by atoms with E-state index in [1.807, 2.05) is 0 Å². The van der Waals surface area contributed by atoms with E-state index in [9.17, 15) is 9.59 Å². The van der Waals surface area contributed by atoms with Gasteiger partial charge in [-0.25, -0.2) is 0 Å². The predicted octanol–water partition coefficient (Wildman–Crippen LogP) is 0.0679. The minimum Gasteiger partial charge on any atom is -0.486 e. The van der Waals surface area contributed by atoms with Crippen LogP contribution in [0.3, 0.4) is 0 Å². The first-order valence-electron chi connectivity index (χ1n) is 5.74. The molecular formula is C10H18O6Si. The van der Waals surface area contributed by atoms with E-state index in [-0.39, 0.29) is 37.1 Å². The Kier molecular flexibility index (Phi) is 6.16. The van der Waals surface area contributed by atoms with Crippen molar-refractivity contribution in [2.45, 2.75) is 32.8 Å². The van der Waals surface area contributed by atoms with Gasteiger partial charge < -0.3 is 18.3 Å². The van der Waals surface area contributed by atoms with E-state index in [4.69, 9.17) is 18.3 Å². The first kappa shape index (κ1) is 14.1. The molecule has 1 saturated heterocycles. The second-order valence-electron chi connectivity index (χ2n) is 3.61. The third-order valence-electron chi connectivity index (χ3n) is 2.06. The van der Waals surface area contributed by atoms with Gasteiger partial charge in [-0.1, -0.05) is 13.8 Å². The van der Waals surface area contributed by atoms with E-state index in [0.717, 1.165) is 0 Å². The van der Waals surface area contributed by atoms with Crippen LogP contribution < -0.4 is 0 Å². The second kappa shape index (κ2) is 7.41. The normalized spacial score (nSPS) is 17.9. The average molecular weight is 262 g/mol. The minimum atomic E-state index is -2.39. The van der Waals surface area contributed by atoms with Crippen molar-refractivity contribution in [2.24, 2.45) is 0 Å². The van der Waals surface area contributed by atoms with Gasteiger partial charge in [0, 0.05) is 12.8 Å². The average Bonchev–Trinajstić information content (AvgIpc) is 3.12. The van der Waals surface area contributed by atoms with Gasteiger partial charge in [0.1, 0.15) is 12.3 Å². The molecule has 0 aromatic rings. The summed E-state index contributed by atoms with van der Waals surface area (Å²) in [6.07, 6.45) is 0.850. The molecule has 6 nitrogen and oxygen atoms in total. The summed E-state index contributed by atoms with van der Waals surface area (Å²) >= 11 is 0. The van der Waals surface area contributed by atoms with Crippen LogP contribution in [0.4, 0.5) is 0 Å². The van der Waals surface area contributed by atoms with Crippen molar-refractivity contribution < 1.29 is 27.9 Å². The molecule has 0 bridgehead atoms. The maximum absolute atomic E-state index is 11.1. The van der Waals surface area contributed by atoms with Crippen molar-refractivity contribution in [3.05, 3.63) is 0 Å². The van der Waals surface area contributed by atoms with Gasteiger partial charge in [-0.15, -0.1) is 0 Å². The lowest BCUT2D eigenvalue weighted by Crippen LogP contribution is -2.34. The van der Waals surface area contributed by atoms with Crippen molar-refractivity contribution in [3.63, 3.8) is 0 Å². The maximum atomic E-state index is 11.1. The Bertz CT molecular complexity index is 248. The number of hydrogen-bond donors (Lipinski definition) is 0. The van der Waals surface area contributed by atoms with Gasteiger partial charge in [-0.2, -0.15) is 0 Å². The van der Waals surface area contributed by atoms with Gasteiger partial charge in [-0.3, -0.25) is 9.59 Å². The molecule has 1 atom stereocenters. The summed E-state index contributed by atoms with van der Waals surface area (Å²) in [5.74, 6) is -0.728. The number of carbonyl (C=O) groups excluding carboxylic acids is 2. The van der Waals surface area contributed by atoms with Crippen molar-refractivity contribution in [1.82, 2.24) is 0 Å². The van der Waals surface area contributed by atoms with Crippen molar-refractivity contribution in [3.8, 4) is 0 Å². The van der Waals surface area contributed by atoms with Crippen molar-refractivity contribution >= 4 is 21.2 Å². The summed E-state index contributed by atoms with van der Waals surface area (Å²) in [6, 6.07) is 0. The summed E-state index contributed by atoms with van der Waals surface area (Å²) in [5, 5.41) is 0. The van der Waals surface area contributed by atoms with Crippen LogP contribution in [0.15, 0.2) is 0 Å². The molecule has 17 heavy (non-hydrogen) atoms. The third kappa shape index (κ3) is 6.40. The third-order valence-corrected chi connectivity index (χ3v) is 3.62. The standard InChI is InChI=1S/C10H18O6Si/c1-3-9(11)15-17(16-10(12)4-2)7-13-5-8-6-14-8/h8,17H,3-7H2,1-2H3. The van der Waals surface area contributed by atoms with Gasteiger partial charge in [0.25, 0.3) is 11.9 Å². The molecule has 0 aromatic heterocycles. The van der Waals surface area contributed by atoms with Crippen LogP contribution in [0.5, 0.6) is 0 Å². The molecular weight excluding hydrogens is 244 g/mol. The maximum Gasteiger partial charge on any atom is 0.474 e. The fourth-order valence-electron chi connectivity index (χ4n) is 1.01. The lowest BCUT2D eigenvalue weighted by molar-refractivity contribution is -0.140. The molecule has 1 aliphatic rings. The lowest BCUT2D eigenvalue weighted by Gasteiger charge is -2.15. The molecule has 0 saturated carbocycles. The molecule has 0 aromatic carbocycles. The SMILES string of the molecule is CCC(=O)O[SiH](COCC1CO1)OC(=O)CC. The molecule has 98 valence electrons. The molecule has 1 aliphatic heterocycles.